The lowest BCUT2D eigenvalue weighted by atomic mass is 9.97. The summed E-state index contributed by atoms with van der Waals surface area (Å²) in [5.41, 5.74) is 1.46. The van der Waals surface area contributed by atoms with E-state index in [2.05, 4.69) is 35.6 Å². The molecule has 0 amide bonds. The molecule has 0 bridgehead atoms. The first kappa shape index (κ1) is 19.8. The molecule has 1 saturated carbocycles. The van der Waals surface area contributed by atoms with Gasteiger partial charge in [-0.05, 0) is 56.4 Å². The minimum Gasteiger partial charge on any atom is -0.469 e. The average Bonchev–Trinajstić information content (AvgIpc) is 2.60. The summed E-state index contributed by atoms with van der Waals surface area (Å²) in [7, 11) is 1.44. The molecule has 3 heteroatoms. The molecule has 2 rings (SSSR count). The van der Waals surface area contributed by atoms with Gasteiger partial charge in [0.1, 0.15) is 0 Å². The molecule has 0 heterocycles. The fraction of sp³-hybridized carbons (Fsp3) is 0.550. The molecule has 0 radical (unpaired) electrons. The van der Waals surface area contributed by atoms with Crippen LogP contribution in [-0.4, -0.2) is 18.8 Å². The third kappa shape index (κ3) is 11.0. The molecule has 1 aliphatic carbocycles. The van der Waals surface area contributed by atoms with Crippen LogP contribution in [0.15, 0.2) is 47.4 Å². The number of unbranched alkanes of at least 4 members (excludes halogenated alkanes) is 2. The van der Waals surface area contributed by atoms with Crippen molar-refractivity contribution in [3.8, 4) is 0 Å². The number of esters is 1. The smallest absolute Gasteiger partial charge is 0.305 e. The van der Waals surface area contributed by atoms with Gasteiger partial charge in [-0.15, -0.1) is 11.8 Å². The number of hydrogen-bond acceptors (Lipinski definition) is 3. The number of thioether (sulfide) groups is 1. The van der Waals surface area contributed by atoms with Crippen LogP contribution in [0.4, 0.5) is 0 Å². The van der Waals surface area contributed by atoms with E-state index in [1.165, 1.54) is 49.7 Å². The Bertz CT molecular complexity index is 434. The molecule has 0 saturated heterocycles. The third-order valence-electron chi connectivity index (χ3n) is 3.83. The normalized spacial score (nSPS) is 13.9. The van der Waals surface area contributed by atoms with Crippen LogP contribution in [0.25, 0.3) is 0 Å². The minimum atomic E-state index is -0.101. The van der Waals surface area contributed by atoms with Crippen molar-refractivity contribution in [2.45, 2.75) is 62.7 Å². The van der Waals surface area contributed by atoms with Crippen LogP contribution in [0.3, 0.4) is 0 Å². The van der Waals surface area contributed by atoms with Gasteiger partial charge in [-0.1, -0.05) is 43.2 Å². The van der Waals surface area contributed by atoms with Crippen molar-refractivity contribution >= 4 is 17.7 Å². The summed E-state index contributed by atoms with van der Waals surface area (Å²) in [6, 6.07) is 10.4. The molecule has 0 aliphatic heterocycles. The second-order valence-corrected chi connectivity index (χ2v) is 7.03. The molecule has 0 atom stereocenters. The lowest BCUT2D eigenvalue weighted by molar-refractivity contribution is -0.140. The number of benzene rings is 1. The van der Waals surface area contributed by atoms with Crippen molar-refractivity contribution in [3.63, 3.8) is 0 Å². The van der Waals surface area contributed by atoms with E-state index < -0.39 is 0 Å². The topological polar surface area (TPSA) is 26.3 Å². The third-order valence-corrected chi connectivity index (χ3v) is 4.92. The summed E-state index contributed by atoms with van der Waals surface area (Å²) in [6.07, 6.45) is 10.5. The van der Waals surface area contributed by atoms with Gasteiger partial charge in [0, 0.05) is 11.3 Å². The van der Waals surface area contributed by atoms with Gasteiger partial charge in [-0.2, -0.15) is 0 Å². The van der Waals surface area contributed by atoms with E-state index in [9.17, 15) is 4.79 Å². The van der Waals surface area contributed by atoms with E-state index in [4.69, 9.17) is 0 Å². The molecule has 0 unspecified atom stereocenters. The summed E-state index contributed by atoms with van der Waals surface area (Å²) in [6.45, 7) is 3.91. The van der Waals surface area contributed by atoms with Crippen molar-refractivity contribution in [1.82, 2.24) is 0 Å². The van der Waals surface area contributed by atoms with Gasteiger partial charge >= 0.3 is 5.97 Å². The highest BCUT2D eigenvalue weighted by Gasteiger charge is 2.00. The highest BCUT2D eigenvalue weighted by molar-refractivity contribution is 7.99. The molecule has 0 spiro atoms. The molecule has 2 nitrogen and oxygen atoms in total. The number of carbonyl (C=O) groups is 1. The maximum Gasteiger partial charge on any atom is 0.305 e. The quantitative estimate of drug-likeness (QED) is 0.264. The van der Waals surface area contributed by atoms with Gasteiger partial charge < -0.3 is 4.74 Å². The number of allylic oxidation sites excluding steroid dienone is 1. The van der Waals surface area contributed by atoms with Crippen LogP contribution < -0.4 is 0 Å². The highest BCUT2D eigenvalue weighted by Crippen LogP contribution is 2.20. The Morgan fingerprint density at radius 1 is 1.09 bits per heavy atom. The van der Waals surface area contributed by atoms with Gasteiger partial charge in [-0.25, -0.2) is 0 Å². The van der Waals surface area contributed by atoms with Crippen molar-refractivity contribution < 1.29 is 9.53 Å². The lowest BCUT2D eigenvalue weighted by Gasteiger charge is -2.10. The largest absolute Gasteiger partial charge is 0.469 e. The number of rotatable bonds is 7. The summed E-state index contributed by atoms with van der Waals surface area (Å²) < 4.78 is 4.58. The summed E-state index contributed by atoms with van der Waals surface area (Å²) in [5.74, 6) is 1.02. The van der Waals surface area contributed by atoms with Gasteiger partial charge in [0.05, 0.1) is 7.11 Å². The predicted octanol–water partition coefficient (Wildman–Crippen LogP) is 6.02. The summed E-state index contributed by atoms with van der Waals surface area (Å²) in [5, 5.41) is 0. The first-order chi connectivity index (χ1) is 11.2. The Labute approximate surface area is 145 Å². The zero-order valence-electron chi connectivity index (χ0n) is 14.4. The molecule has 0 aromatic heterocycles. The zero-order valence-corrected chi connectivity index (χ0v) is 15.2. The van der Waals surface area contributed by atoms with Crippen molar-refractivity contribution in [1.29, 1.82) is 0 Å². The van der Waals surface area contributed by atoms with Crippen LogP contribution in [0.1, 0.15) is 57.8 Å². The number of hydrogen-bond donors (Lipinski definition) is 0. The molecule has 1 fully saturated rings. The molecule has 1 aromatic rings. The van der Waals surface area contributed by atoms with Crippen LogP contribution in [-0.2, 0) is 9.53 Å². The maximum atomic E-state index is 10.8. The summed E-state index contributed by atoms with van der Waals surface area (Å²) in [4.78, 5) is 12.2. The Hall–Kier alpha value is -1.22. The van der Waals surface area contributed by atoms with Crippen molar-refractivity contribution in [2.75, 3.05) is 12.9 Å². The monoisotopic (exact) mass is 334 g/mol. The van der Waals surface area contributed by atoms with Crippen LogP contribution in [0.2, 0.25) is 0 Å². The number of carbonyl (C=O) groups excluding carboxylic acids is 1. The highest BCUT2D eigenvalue weighted by atomic mass is 32.2. The number of ether oxygens (including phenoxy) is 1. The predicted molar refractivity (Wildman–Crippen MR) is 99.9 cm³/mol. The lowest BCUT2D eigenvalue weighted by Crippen LogP contribution is -1.99. The Balaban J connectivity index is 0.000000313. The van der Waals surface area contributed by atoms with Crippen LogP contribution in [0, 0.1) is 0 Å². The van der Waals surface area contributed by atoms with Gasteiger partial charge in [0.2, 0.25) is 0 Å². The fourth-order valence-corrected chi connectivity index (χ4v) is 3.34. The van der Waals surface area contributed by atoms with E-state index in [0.29, 0.717) is 6.42 Å². The Kier molecular flexibility index (Phi) is 11.4. The average molecular weight is 335 g/mol. The van der Waals surface area contributed by atoms with Crippen LogP contribution >= 0.6 is 11.8 Å². The van der Waals surface area contributed by atoms with Gasteiger partial charge in [-0.3, -0.25) is 4.79 Å². The SMILES string of the molecule is C=C1CCCCC1.COC(=O)CCCCCSc1ccccc1. The molecular formula is C20H30O2S. The van der Waals surface area contributed by atoms with Crippen molar-refractivity contribution in [3.05, 3.63) is 42.5 Å². The van der Waals surface area contributed by atoms with E-state index in [1.54, 1.807) is 0 Å². The Morgan fingerprint density at radius 2 is 1.78 bits per heavy atom. The van der Waals surface area contributed by atoms with E-state index >= 15 is 0 Å². The first-order valence-electron chi connectivity index (χ1n) is 8.63. The van der Waals surface area contributed by atoms with Gasteiger partial charge in [0.25, 0.3) is 0 Å². The molecular weight excluding hydrogens is 304 g/mol. The maximum absolute atomic E-state index is 10.8. The first-order valence-corrected chi connectivity index (χ1v) is 9.62. The standard InChI is InChI=1S/C13H18O2S.C7H12/c1-15-13(14)10-6-3-7-11-16-12-8-4-2-5-9-12;1-7-5-3-2-4-6-7/h2,4-5,8-9H,3,6-7,10-11H2,1H3;1-6H2. The Morgan fingerprint density at radius 3 is 2.35 bits per heavy atom. The van der Waals surface area contributed by atoms with Crippen LogP contribution in [0.5, 0.6) is 0 Å². The second-order valence-electron chi connectivity index (χ2n) is 5.86. The van der Waals surface area contributed by atoms with E-state index in [1.807, 2.05) is 17.8 Å². The van der Waals surface area contributed by atoms with Gasteiger partial charge in [0.15, 0.2) is 0 Å². The fourth-order valence-electron chi connectivity index (χ4n) is 2.41. The zero-order chi connectivity index (χ0) is 16.8. The molecule has 1 aliphatic rings. The van der Waals surface area contributed by atoms with E-state index in [-0.39, 0.29) is 5.97 Å². The molecule has 0 N–H and O–H groups in total. The molecule has 23 heavy (non-hydrogen) atoms. The molecule has 1 aromatic carbocycles. The van der Waals surface area contributed by atoms with E-state index in [0.717, 1.165) is 25.0 Å². The number of methoxy groups -OCH3 is 1. The minimum absolute atomic E-state index is 0.101. The second kappa shape index (κ2) is 13.2. The van der Waals surface area contributed by atoms with Crippen molar-refractivity contribution in [2.24, 2.45) is 0 Å². The summed E-state index contributed by atoms with van der Waals surface area (Å²) >= 11 is 1.87. The molecule has 128 valence electrons.